The summed E-state index contributed by atoms with van der Waals surface area (Å²) >= 11 is 3.48. The molecule has 0 heterocycles. The number of alkyl halides is 1. The second kappa shape index (κ2) is 7.34. The van der Waals surface area contributed by atoms with E-state index in [-0.39, 0.29) is 0 Å². The molecule has 4 heteroatoms. The Balaban J connectivity index is 2.04. The van der Waals surface area contributed by atoms with Gasteiger partial charge in [-0.05, 0) is 30.5 Å². The highest BCUT2D eigenvalue weighted by molar-refractivity contribution is 9.09. The Morgan fingerprint density at radius 2 is 1.84 bits per heavy atom. The van der Waals surface area contributed by atoms with Crippen LogP contribution in [0.15, 0.2) is 18.2 Å². The van der Waals surface area contributed by atoms with E-state index in [1.807, 2.05) is 0 Å². The average molecular weight is 332 g/mol. The fourth-order valence-electron chi connectivity index (χ4n) is 2.82. The number of hydrogen-bond acceptors (Lipinski definition) is 1. The molecule has 1 saturated carbocycles. The van der Waals surface area contributed by atoms with E-state index in [4.69, 9.17) is 0 Å². The molecule has 1 aromatic rings. The van der Waals surface area contributed by atoms with Crippen LogP contribution >= 0.6 is 15.9 Å². The minimum atomic E-state index is -0.770. The first-order valence-electron chi connectivity index (χ1n) is 6.94. The van der Waals surface area contributed by atoms with Crippen LogP contribution in [0.5, 0.6) is 0 Å². The normalized spacial score (nSPS) is 17.1. The van der Waals surface area contributed by atoms with Crippen molar-refractivity contribution < 1.29 is 8.78 Å². The molecule has 0 unspecified atom stereocenters. The van der Waals surface area contributed by atoms with E-state index < -0.39 is 11.6 Å². The largest absolute Gasteiger partial charge is 0.295 e. The zero-order valence-corrected chi connectivity index (χ0v) is 12.6. The summed E-state index contributed by atoms with van der Waals surface area (Å²) in [4.78, 5) is 2.39. The molecular formula is C15H20BrF2N. The van der Waals surface area contributed by atoms with Crippen LogP contribution in [-0.4, -0.2) is 22.8 Å². The maximum atomic E-state index is 13.3. The Morgan fingerprint density at radius 1 is 1.11 bits per heavy atom. The molecule has 1 aromatic carbocycles. The molecule has 0 radical (unpaired) electrons. The Bertz CT molecular complexity index is 405. The molecule has 0 bridgehead atoms. The Kier molecular flexibility index (Phi) is 5.76. The summed E-state index contributed by atoms with van der Waals surface area (Å²) in [5, 5.41) is 0.910. The molecule has 1 aliphatic carbocycles. The van der Waals surface area contributed by atoms with Gasteiger partial charge in [-0.3, -0.25) is 4.90 Å². The van der Waals surface area contributed by atoms with Crippen molar-refractivity contribution in [2.45, 2.75) is 44.7 Å². The highest BCUT2D eigenvalue weighted by Crippen LogP contribution is 2.24. The molecule has 0 atom stereocenters. The minimum absolute atomic E-state index is 0.583. The van der Waals surface area contributed by atoms with Gasteiger partial charge in [0.15, 0.2) is 11.6 Å². The quantitative estimate of drug-likeness (QED) is 0.718. The van der Waals surface area contributed by atoms with Crippen molar-refractivity contribution in [2.24, 2.45) is 0 Å². The molecule has 106 valence electrons. The molecule has 1 aliphatic rings. The first-order valence-corrected chi connectivity index (χ1v) is 8.07. The van der Waals surface area contributed by atoms with Crippen LogP contribution in [0.3, 0.4) is 0 Å². The Hall–Kier alpha value is -0.480. The zero-order valence-electron chi connectivity index (χ0n) is 11.0. The van der Waals surface area contributed by atoms with Gasteiger partial charge in [0.05, 0.1) is 0 Å². The van der Waals surface area contributed by atoms with Crippen LogP contribution in [0, 0.1) is 11.6 Å². The lowest BCUT2D eigenvalue weighted by Gasteiger charge is -2.34. The topological polar surface area (TPSA) is 3.24 Å². The van der Waals surface area contributed by atoms with Crippen molar-refractivity contribution >= 4 is 15.9 Å². The Labute approximate surface area is 122 Å². The lowest BCUT2D eigenvalue weighted by Crippen LogP contribution is -2.37. The first kappa shape index (κ1) is 14.9. The molecule has 19 heavy (non-hydrogen) atoms. The number of halogens is 3. The monoisotopic (exact) mass is 331 g/mol. The fraction of sp³-hybridized carbons (Fsp3) is 0.600. The van der Waals surface area contributed by atoms with Gasteiger partial charge in [-0.2, -0.15) is 0 Å². The summed E-state index contributed by atoms with van der Waals surface area (Å²) < 4.78 is 26.2. The number of hydrogen-bond donors (Lipinski definition) is 0. The van der Waals surface area contributed by atoms with Crippen LogP contribution in [-0.2, 0) is 6.54 Å². The van der Waals surface area contributed by atoms with Gasteiger partial charge in [0, 0.05) is 24.5 Å². The predicted octanol–water partition coefficient (Wildman–Crippen LogP) is 4.49. The lowest BCUT2D eigenvalue weighted by molar-refractivity contribution is 0.157. The predicted molar refractivity (Wildman–Crippen MR) is 77.4 cm³/mol. The summed E-state index contributed by atoms with van der Waals surface area (Å²) in [5.74, 6) is -1.52. The molecule has 2 rings (SSSR count). The van der Waals surface area contributed by atoms with Crippen LogP contribution < -0.4 is 0 Å². The number of rotatable bonds is 5. The van der Waals surface area contributed by atoms with E-state index in [2.05, 4.69) is 20.8 Å². The van der Waals surface area contributed by atoms with E-state index >= 15 is 0 Å². The second-order valence-corrected chi connectivity index (χ2v) is 5.99. The zero-order chi connectivity index (χ0) is 13.7. The van der Waals surface area contributed by atoms with E-state index in [1.54, 1.807) is 6.07 Å². The molecule has 0 saturated heterocycles. The number of benzene rings is 1. The standard InChI is InChI=1S/C15H20BrF2N/c16-8-9-19(13-4-2-1-3-5-13)11-12-6-7-14(17)15(18)10-12/h6-7,10,13H,1-5,8-9,11H2. The highest BCUT2D eigenvalue weighted by Gasteiger charge is 2.21. The number of nitrogens with zero attached hydrogens (tertiary/aromatic N) is 1. The summed E-state index contributed by atoms with van der Waals surface area (Å²) in [5.41, 5.74) is 0.852. The molecule has 0 amide bonds. The Morgan fingerprint density at radius 3 is 2.47 bits per heavy atom. The van der Waals surface area contributed by atoms with Gasteiger partial charge < -0.3 is 0 Å². The van der Waals surface area contributed by atoms with Gasteiger partial charge in [-0.15, -0.1) is 0 Å². The molecule has 0 spiro atoms. The lowest BCUT2D eigenvalue weighted by atomic mass is 9.94. The molecular weight excluding hydrogens is 312 g/mol. The third-order valence-electron chi connectivity index (χ3n) is 3.83. The third kappa shape index (κ3) is 4.25. The van der Waals surface area contributed by atoms with Crippen molar-refractivity contribution in [3.8, 4) is 0 Å². The van der Waals surface area contributed by atoms with Crippen molar-refractivity contribution in [1.29, 1.82) is 0 Å². The first-order chi connectivity index (χ1) is 9.20. The van der Waals surface area contributed by atoms with E-state index in [9.17, 15) is 8.78 Å². The van der Waals surface area contributed by atoms with Gasteiger partial charge in [-0.25, -0.2) is 8.78 Å². The van der Waals surface area contributed by atoms with Crippen LogP contribution in [0.1, 0.15) is 37.7 Å². The SMILES string of the molecule is Fc1ccc(CN(CCBr)C2CCCCC2)cc1F. The van der Waals surface area contributed by atoms with E-state index in [1.165, 1.54) is 44.2 Å². The molecule has 0 N–H and O–H groups in total. The highest BCUT2D eigenvalue weighted by atomic mass is 79.9. The maximum absolute atomic E-state index is 13.3. The van der Waals surface area contributed by atoms with Gasteiger partial charge in [0.25, 0.3) is 0 Å². The van der Waals surface area contributed by atoms with Gasteiger partial charge in [0.1, 0.15) is 0 Å². The molecule has 1 nitrogen and oxygen atoms in total. The smallest absolute Gasteiger partial charge is 0.159 e. The van der Waals surface area contributed by atoms with E-state index in [0.29, 0.717) is 12.6 Å². The minimum Gasteiger partial charge on any atom is -0.295 e. The van der Waals surface area contributed by atoms with Crippen molar-refractivity contribution in [2.75, 3.05) is 11.9 Å². The van der Waals surface area contributed by atoms with Crippen LogP contribution in [0.2, 0.25) is 0 Å². The summed E-state index contributed by atoms with van der Waals surface area (Å²) in [6.45, 7) is 1.65. The van der Waals surface area contributed by atoms with Crippen molar-refractivity contribution in [3.05, 3.63) is 35.4 Å². The molecule has 0 aliphatic heterocycles. The third-order valence-corrected chi connectivity index (χ3v) is 4.19. The fourth-order valence-corrected chi connectivity index (χ4v) is 3.27. The summed E-state index contributed by atoms with van der Waals surface area (Å²) in [7, 11) is 0. The van der Waals surface area contributed by atoms with Crippen molar-refractivity contribution in [3.63, 3.8) is 0 Å². The maximum Gasteiger partial charge on any atom is 0.159 e. The molecule has 1 fully saturated rings. The van der Waals surface area contributed by atoms with Gasteiger partial charge in [-0.1, -0.05) is 41.3 Å². The van der Waals surface area contributed by atoms with Crippen LogP contribution in [0.4, 0.5) is 8.78 Å². The second-order valence-electron chi connectivity index (χ2n) is 5.20. The molecule has 0 aromatic heterocycles. The average Bonchev–Trinajstić information content (AvgIpc) is 2.43. The van der Waals surface area contributed by atoms with E-state index in [0.717, 1.165) is 17.4 Å². The summed E-state index contributed by atoms with van der Waals surface area (Å²) in [6.07, 6.45) is 6.32. The summed E-state index contributed by atoms with van der Waals surface area (Å²) in [6, 6.07) is 4.80. The van der Waals surface area contributed by atoms with Gasteiger partial charge in [0.2, 0.25) is 0 Å². The van der Waals surface area contributed by atoms with Crippen molar-refractivity contribution in [1.82, 2.24) is 4.90 Å². The van der Waals surface area contributed by atoms with Gasteiger partial charge >= 0.3 is 0 Å². The van der Waals surface area contributed by atoms with Crippen LogP contribution in [0.25, 0.3) is 0 Å².